The van der Waals surface area contributed by atoms with Crippen molar-refractivity contribution in [3.63, 3.8) is 0 Å². The van der Waals surface area contributed by atoms with E-state index in [2.05, 4.69) is 34.5 Å². The molecule has 0 spiro atoms. The first-order chi connectivity index (χ1) is 16.2. The highest BCUT2D eigenvalue weighted by atomic mass is 16.2. The summed E-state index contributed by atoms with van der Waals surface area (Å²) in [6.07, 6.45) is 1.37. The molecule has 0 unspecified atom stereocenters. The van der Waals surface area contributed by atoms with E-state index in [0.29, 0.717) is 19.5 Å². The number of carbonyl (C=O) groups excluding carboxylic acids is 2. The monoisotopic (exact) mass is 439 g/mol. The summed E-state index contributed by atoms with van der Waals surface area (Å²) in [5.74, 6) is 0.0310. The van der Waals surface area contributed by atoms with E-state index < -0.39 is 0 Å². The van der Waals surface area contributed by atoms with Crippen molar-refractivity contribution in [1.82, 2.24) is 4.90 Å². The summed E-state index contributed by atoms with van der Waals surface area (Å²) in [7, 11) is 0. The summed E-state index contributed by atoms with van der Waals surface area (Å²) < 4.78 is 0. The van der Waals surface area contributed by atoms with Gasteiger partial charge in [-0.2, -0.15) is 0 Å². The Bertz CT molecular complexity index is 1120. The average molecular weight is 440 g/mol. The zero-order valence-electron chi connectivity index (χ0n) is 19.0. The van der Waals surface area contributed by atoms with Gasteiger partial charge in [-0.15, -0.1) is 0 Å². The second kappa shape index (κ2) is 9.10. The normalized spacial score (nSPS) is 15.2. The Hall–Kier alpha value is -3.60. The largest absolute Gasteiger partial charge is 0.368 e. The highest BCUT2D eigenvalue weighted by molar-refractivity contribution is 5.96. The molecule has 5 rings (SSSR count). The molecule has 1 aliphatic carbocycles. The molecule has 2 amide bonds. The van der Waals surface area contributed by atoms with E-state index in [1.165, 1.54) is 11.1 Å². The minimum atomic E-state index is -0.213. The zero-order valence-corrected chi connectivity index (χ0v) is 19.0. The smallest absolute Gasteiger partial charge is 0.234 e. The van der Waals surface area contributed by atoms with Crippen LogP contribution < -0.4 is 10.2 Å². The summed E-state index contributed by atoms with van der Waals surface area (Å²) >= 11 is 0. The number of nitrogens with one attached hydrogen (secondary N) is 1. The number of nitrogens with zero attached hydrogens (tertiary/aromatic N) is 2. The fourth-order valence-electron chi connectivity index (χ4n) is 5.00. The molecule has 3 aromatic carbocycles. The summed E-state index contributed by atoms with van der Waals surface area (Å²) in [4.78, 5) is 29.8. The van der Waals surface area contributed by atoms with Crippen molar-refractivity contribution in [2.45, 2.75) is 25.7 Å². The summed E-state index contributed by atoms with van der Waals surface area (Å²) in [6, 6.07) is 24.5. The molecule has 168 valence electrons. The van der Waals surface area contributed by atoms with Crippen LogP contribution in [0.3, 0.4) is 0 Å². The quantitative estimate of drug-likeness (QED) is 0.616. The molecule has 0 radical (unpaired) electrons. The number of rotatable bonds is 5. The molecule has 3 aromatic rings. The Labute approximate surface area is 195 Å². The van der Waals surface area contributed by atoms with E-state index in [1.54, 1.807) is 0 Å². The lowest BCUT2D eigenvalue weighted by Crippen LogP contribution is -2.50. The Kier molecular flexibility index (Phi) is 5.86. The molecule has 1 fully saturated rings. The standard InChI is InChI=1S/C28H29N3O2/c1-2-7-26(32)29-20-12-14-21(15-13-20)30-16-18-31(19-17-30)28(33)27-24-10-5-3-8-22(24)23-9-4-6-11-25(23)27/h3-6,8-15,27H,2,7,16-19H2,1H3,(H,29,32). The van der Waals surface area contributed by atoms with E-state index in [9.17, 15) is 9.59 Å². The van der Waals surface area contributed by atoms with Gasteiger partial charge < -0.3 is 15.1 Å². The second-order valence-electron chi connectivity index (χ2n) is 8.76. The van der Waals surface area contributed by atoms with Gasteiger partial charge in [0, 0.05) is 44.0 Å². The molecule has 33 heavy (non-hydrogen) atoms. The lowest BCUT2D eigenvalue weighted by molar-refractivity contribution is -0.132. The number of fused-ring (bicyclic) bond motifs is 3. The van der Waals surface area contributed by atoms with Crippen molar-refractivity contribution in [1.29, 1.82) is 0 Å². The number of hydrogen-bond donors (Lipinski definition) is 1. The molecule has 1 heterocycles. The molecule has 0 saturated carbocycles. The van der Waals surface area contributed by atoms with Crippen LogP contribution in [0.1, 0.15) is 36.8 Å². The molecule has 5 heteroatoms. The fourth-order valence-corrected chi connectivity index (χ4v) is 5.00. The molecule has 2 aliphatic rings. The van der Waals surface area contributed by atoms with Crippen LogP contribution in [0.2, 0.25) is 0 Å². The predicted molar refractivity (Wildman–Crippen MR) is 132 cm³/mol. The summed E-state index contributed by atoms with van der Waals surface area (Å²) in [5, 5.41) is 2.93. The van der Waals surface area contributed by atoms with Gasteiger partial charge in [-0.05, 0) is 52.9 Å². The lowest BCUT2D eigenvalue weighted by atomic mass is 9.95. The van der Waals surface area contributed by atoms with Crippen LogP contribution in [-0.4, -0.2) is 42.9 Å². The van der Waals surface area contributed by atoms with Crippen molar-refractivity contribution >= 4 is 23.2 Å². The van der Waals surface area contributed by atoms with Gasteiger partial charge >= 0.3 is 0 Å². The molecular weight excluding hydrogens is 410 g/mol. The first kappa shape index (κ1) is 21.3. The lowest BCUT2D eigenvalue weighted by Gasteiger charge is -2.37. The van der Waals surface area contributed by atoms with E-state index in [1.807, 2.05) is 60.4 Å². The number of benzene rings is 3. The minimum Gasteiger partial charge on any atom is -0.368 e. The summed E-state index contributed by atoms with van der Waals surface area (Å²) in [6.45, 7) is 4.99. The topological polar surface area (TPSA) is 52.7 Å². The van der Waals surface area contributed by atoms with Gasteiger partial charge in [-0.3, -0.25) is 9.59 Å². The third-order valence-electron chi connectivity index (χ3n) is 6.67. The van der Waals surface area contributed by atoms with Crippen LogP contribution in [0.5, 0.6) is 0 Å². The predicted octanol–water partition coefficient (Wildman–Crippen LogP) is 4.89. The van der Waals surface area contributed by atoms with Gasteiger partial charge in [0.25, 0.3) is 0 Å². The second-order valence-corrected chi connectivity index (χ2v) is 8.76. The highest BCUT2D eigenvalue weighted by Crippen LogP contribution is 2.45. The van der Waals surface area contributed by atoms with E-state index in [-0.39, 0.29) is 17.7 Å². The molecule has 1 aliphatic heterocycles. The van der Waals surface area contributed by atoms with Gasteiger partial charge in [0.05, 0.1) is 5.92 Å². The highest BCUT2D eigenvalue weighted by Gasteiger charge is 2.36. The molecule has 0 bridgehead atoms. The fraction of sp³-hybridized carbons (Fsp3) is 0.286. The van der Waals surface area contributed by atoms with E-state index in [4.69, 9.17) is 0 Å². The van der Waals surface area contributed by atoms with Gasteiger partial charge in [0.15, 0.2) is 0 Å². The SMILES string of the molecule is CCCC(=O)Nc1ccc(N2CCN(C(=O)C3c4ccccc4-c4ccccc43)CC2)cc1. The van der Waals surface area contributed by atoms with Crippen molar-refractivity contribution in [2.24, 2.45) is 0 Å². The molecule has 0 aromatic heterocycles. The molecule has 0 atom stereocenters. The molecule has 1 saturated heterocycles. The Morgan fingerprint density at radius 3 is 1.97 bits per heavy atom. The Balaban J connectivity index is 1.25. The van der Waals surface area contributed by atoms with Gasteiger partial charge in [-0.25, -0.2) is 0 Å². The zero-order chi connectivity index (χ0) is 22.8. The van der Waals surface area contributed by atoms with Crippen LogP contribution in [0, 0.1) is 0 Å². The molecular formula is C28H29N3O2. The average Bonchev–Trinajstić information content (AvgIpc) is 3.19. The van der Waals surface area contributed by atoms with Gasteiger partial charge in [0.1, 0.15) is 0 Å². The van der Waals surface area contributed by atoms with Crippen molar-refractivity contribution < 1.29 is 9.59 Å². The van der Waals surface area contributed by atoms with E-state index in [0.717, 1.165) is 42.0 Å². The van der Waals surface area contributed by atoms with Crippen LogP contribution in [0.25, 0.3) is 11.1 Å². The van der Waals surface area contributed by atoms with Crippen LogP contribution in [0.15, 0.2) is 72.8 Å². The van der Waals surface area contributed by atoms with Crippen molar-refractivity contribution in [3.05, 3.63) is 83.9 Å². The first-order valence-corrected chi connectivity index (χ1v) is 11.8. The number of carbonyl (C=O) groups is 2. The first-order valence-electron chi connectivity index (χ1n) is 11.8. The van der Waals surface area contributed by atoms with Crippen LogP contribution >= 0.6 is 0 Å². The number of anilines is 2. The van der Waals surface area contributed by atoms with Crippen LogP contribution in [-0.2, 0) is 9.59 Å². The molecule has 5 nitrogen and oxygen atoms in total. The number of piperazine rings is 1. The number of hydrogen-bond acceptors (Lipinski definition) is 3. The minimum absolute atomic E-state index is 0.0486. The molecule has 1 N–H and O–H groups in total. The maximum atomic E-state index is 13.6. The van der Waals surface area contributed by atoms with Crippen LogP contribution in [0.4, 0.5) is 11.4 Å². The third-order valence-corrected chi connectivity index (χ3v) is 6.67. The number of amides is 2. The van der Waals surface area contributed by atoms with Gasteiger partial charge in [0.2, 0.25) is 11.8 Å². The van der Waals surface area contributed by atoms with Crippen molar-refractivity contribution in [2.75, 3.05) is 36.4 Å². The third kappa shape index (κ3) is 4.11. The maximum Gasteiger partial charge on any atom is 0.234 e. The summed E-state index contributed by atoms with van der Waals surface area (Å²) in [5.41, 5.74) is 6.53. The maximum absolute atomic E-state index is 13.6. The van der Waals surface area contributed by atoms with Crippen molar-refractivity contribution in [3.8, 4) is 11.1 Å². The Morgan fingerprint density at radius 2 is 1.39 bits per heavy atom. The van der Waals surface area contributed by atoms with Gasteiger partial charge in [-0.1, -0.05) is 55.5 Å². The Morgan fingerprint density at radius 1 is 0.818 bits per heavy atom. The van der Waals surface area contributed by atoms with E-state index >= 15 is 0 Å².